The summed E-state index contributed by atoms with van der Waals surface area (Å²) in [6.45, 7) is 107. The highest BCUT2D eigenvalue weighted by molar-refractivity contribution is 8.12. The summed E-state index contributed by atoms with van der Waals surface area (Å²) >= 11 is 5.46. The minimum atomic E-state index is 0.778. The molecule has 0 amide bonds. The molecule has 1 aromatic rings. The van der Waals surface area contributed by atoms with E-state index in [9.17, 15) is 0 Å². The highest BCUT2D eigenvalue weighted by Gasteiger charge is 1.90. The second-order valence-electron chi connectivity index (χ2n) is 12.3. The smallest absolute Gasteiger partial charge is 0.169 e. The molecule has 18 heteroatoms. The summed E-state index contributed by atoms with van der Waals surface area (Å²) in [5.74, 6) is 3.69. The number of hydrogen-bond donors (Lipinski definition) is 3. The highest BCUT2D eigenvalue weighted by atomic mass is 32.2. The molecule has 0 unspecified atom stereocenters. The van der Waals surface area contributed by atoms with Crippen molar-refractivity contribution in [3.05, 3.63) is 73.0 Å². The van der Waals surface area contributed by atoms with Gasteiger partial charge in [0.25, 0.3) is 0 Å². The second-order valence-corrected chi connectivity index (χ2v) is 15.2. The summed E-state index contributed by atoms with van der Waals surface area (Å²) in [6, 6.07) is 0. The molecule has 0 fully saturated rings. The topological polar surface area (TPSA) is 176 Å². The molecule has 1 aromatic heterocycles. The number of allylic oxidation sites excluding steroid dienone is 3. The fourth-order valence-corrected chi connectivity index (χ4v) is 5.83. The van der Waals surface area contributed by atoms with Crippen LogP contribution in [0.15, 0.2) is 108 Å². The highest BCUT2D eigenvalue weighted by Crippen LogP contribution is 2.11. The van der Waals surface area contributed by atoms with E-state index in [0.29, 0.717) is 0 Å². The third-order valence-electron chi connectivity index (χ3n) is 7.10. The normalized spacial score (nSPS) is 11.8. The average Bonchev–Trinajstić information content (AvgIpc) is 2.96. The van der Waals surface area contributed by atoms with E-state index >= 15 is 0 Å². The van der Waals surface area contributed by atoms with Crippen molar-refractivity contribution in [1.82, 2.24) is 26.0 Å². The van der Waals surface area contributed by atoms with Gasteiger partial charge in [0.05, 0.1) is 43.4 Å². The summed E-state index contributed by atoms with van der Waals surface area (Å²) in [7, 11) is 0. The van der Waals surface area contributed by atoms with E-state index in [2.05, 4.69) is 101 Å². The van der Waals surface area contributed by atoms with Gasteiger partial charge in [0, 0.05) is 113 Å². The first kappa shape index (κ1) is 173. The van der Waals surface area contributed by atoms with E-state index in [1.165, 1.54) is 68.6 Å². The number of rotatable bonds is 0. The number of aromatic nitrogens is 2. The Balaban J connectivity index is -0.0000000313. The predicted molar refractivity (Wildman–Crippen MR) is 540 cm³/mol. The zero-order valence-electron chi connectivity index (χ0n) is 83.9. The van der Waals surface area contributed by atoms with E-state index in [0.717, 1.165) is 91.4 Å². The van der Waals surface area contributed by atoms with Crippen LogP contribution in [0.25, 0.3) is 0 Å². The Morgan fingerprint density at radius 3 is 0.853 bits per heavy atom. The van der Waals surface area contributed by atoms with Gasteiger partial charge in [0.2, 0.25) is 0 Å². The minimum absolute atomic E-state index is 0.778. The van der Waals surface area contributed by atoms with Gasteiger partial charge in [-0.3, -0.25) is 34.9 Å². The molecule has 109 heavy (non-hydrogen) atoms. The quantitative estimate of drug-likeness (QED) is 0.211. The molecule has 12 rings (SSSR count). The Morgan fingerprint density at radius 2 is 0.752 bits per heavy atom. The largest absolute Gasteiger partial charge is 0.501 e. The maximum Gasteiger partial charge on any atom is 0.169 e. The Morgan fingerprint density at radius 1 is 0.294 bits per heavy atom. The Hall–Kier alpha value is -4.42. The van der Waals surface area contributed by atoms with Crippen LogP contribution < -0.4 is 16.1 Å². The summed E-state index contributed by atoms with van der Waals surface area (Å²) < 4.78 is 9.42. The summed E-state index contributed by atoms with van der Waals surface area (Å²) in [5.41, 5.74) is 6.60. The third-order valence-corrected chi connectivity index (χ3v) is 9.39. The summed E-state index contributed by atoms with van der Waals surface area (Å²) in [6.07, 6.45) is 42.1. The third kappa shape index (κ3) is 334. The lowest BCUT2D eigenvalue weighted by atomic mass is 10.4. The zero-order chi connectivity index (χ0) is 91.1. The summed E-state index contributed by atoms with van der Waals surface area (Å²) in [5, 5.41) is 15.3. The van der Waals surface area contributed by atoms with E-state index in [-0.39, 0.29) is 0 Å². The molecule has 1 aliphatic carbocycles. The maximum atomic E-state index is 4.76. The van der Waals surface area contributed by atoms with Crippen molar-refractivity contribution < 1.29 is 14.3 Å². The monoisotopic (exact) mass is 1620 g/mol. The number of nitrogens with one attached hydrogen (secondary N) is 3. The molecule has 10 aliphatic heterocycles. The second kappa shape index (κ2) is 340. The van der Waals surface area contributed by atoms with Crippen LogP contribution in [0.2, 0.25) is 0 Å². The lowest BCUT2D eigenvalue weighted by Gasteiger charge is -1.79. The SMILES string of the molecule is C1=CCCC1.C1=CNCC1.C1=COCC1.C1=CSCC1.C1=NCCC1.C1=NCCN1.C1=NCCO1.C1=NCCS1.C1=NCCS1.C1=NNCC1.C1=NOCC1.CC.CC.CC.CC.CC.CC.CC.CC.CC.CC.CC.CC.CC.CC.CC.CC.CC.CC.CC.CC.CC.CC.CC.CC.c1cnccn1. The fraction of sp³-hybridized carbons (Fsp3) is 0.791. The molecular weight excluding hydrogens is 1410 g/mol. The predicted octanol–water partition coefficient (Wildman–Crippen LogP) is 32.3. The minimum Gasteiger partial charge on any atom is -0.501 e. The molecule has 0 spiro atoms. The van der Waals surface area contributed by atoms with E-state index in [1.807, 2.05) is 380 Å². The molecular formula is C91H214N12O3S3. The number of nitrogens with zero attached hydrogens (tertiary/aromatic N) is 9. The lowest BCUT2D eigenvalue weighted by Crippen LogP contribution is -2.04. The average molecular weight is 1620 g/mol. The number of aliphatic imine (C=N–C) groups is 5. The van der Waals surface area contributed by atoms with Gasteiger partial charge in [-0.05, 0) is 68.8 Å². The number of hydrogen-bond acceptors (Lipinski definition) is 18. The van der Waals surface area contributed by atoms with Crippen LogP contribution in [0, 0.1) is 0 Å². The fourth-order valence-electron chi connectivity index (χ4n) is 4.10. The molecule has 3 N–H and O–H groups in total. The van der Waals surface area contributed by atoms with Crippen molar-refractivity contribution in [2.45, 2.75) is 397 Å². The van der Waals surface area contributed by atoms with E-state index in [4.69, 9.17) is 4.74 Å². The number of thioether (sulfide) groups is 3. The van der Waals surface area contributed by atoms with E-state index < -0.39 is 0 Å². The van der Waals surface area contributed by atoms with Crippen molar-refractivity contribution >= 4 is 77.8 Å². The number of hydrazone groups is 1. The first-order chi connectivity index (χ1) is 54.5. The van der Waals surface area contributed by atoms with Crippen molar-refractivity contribution in [2.75, 3.05) is 89.4 Å². The van der Waals surface area contributed by atoms with Crippen LogP contribution in [-0.2, 0) is 14.3 Å². The van der Waals surface area contributed by atoms with Crippen molar-refractivity contribution in [2.24, 2.45) is 35.2 Å². The molecule has 0 saturated heterocycles. The van der Waals surface area contributed by atoms with Crippen LogP contribution in [0.1, 0.15) is 397 Å². The standard InChI is InChI=1S/C5H8.C4H4N2.2C4H7N.C4H6O.C4H6S.2C3H6N2.2C3H5NO.2C3H5NS.24C2H6/c1-2-4-5-3-1;1-2-6-4-3-5-1;4*1-2-4-5-3-1;1-2-5-3-4-1;1-2-4-5-3-1;1-2-5-3-4-1;1-2-4-5-3-1;2*1-2-5-3-4-1;24*1-2/h1-2H,3-5H2;1-4H;3H,1-2,4H2;1,3,5H,2,4H2;2*1,3H,2,4H2;3H,1-2H2,(H,4,5);2,5H,1,3H2;3H,1-2H2;2H,1,3H2;2*3H,1-2H2;24*1-2H3. The molecule has 0 atom stereocenters. The van der Waals surface area contributed by atoms with Crippen molar-refractivity contribution in [3.63, 3.8) is 0 Å². The molecule has 15 nitrogen and oxygen atoms in total. The van der Waals surface area contributed by atoms with Crippen molar-refractivity contribution in [3.8, 4) is 0 Å². The van der Waals surface area contributed by atoms with Gasteiger partial charge < -0.3 is 30.4 Å². The van der Waals surface area contributed by atoms with Gasteiger partial charge in [0.1, 0.15) is 13.2 Å². The van der Waals surface area contributed by atoms with Crippen molar-refractivity contribution in [1.29, 1.82) is 0 Å². The first-order valence-corrected chi connectivity index (χ1v) is 48.3. The zero-order valence-corrected chi connectivity index (χ0v) is 86.4. The molecule has 674 valence electrons. The van der Waals surface area contributed by atoms with Gasteiger partial charge >= 0.3 is 0 Å². The van der Waals surface area contributed by atoms with Crippen LogP contribution >= 0.6 is 35.3 Å². The number of ether oxygens (including phenoxy) is 2. The molecule has 11 heterocycles. The Kier molecular flexibility index (Phi) is 540. The van der Waals surface area contributed by atoms with Gasteiger partial charge in [-0.1, -0.05) is 362 Å². The molecule has 0 bridgehead atoms. The maximum absolute atomic E-state index is 4.76. The lowest BCUT2D eigenvalue weighted by molar-refractivity contribution is 0.174. The van der Waals surface area contributed by atoms with Crippen LogP contribution in [0.4, 0.5) is 0 Å². The van der Waals surface area contributed by atoms with Gasteiger partial charge in [0.15, 0.2) is 6.40 Å². The van der Waals surface area contributed by atoms with Gasteiger partial charge in [-0.15, -0.1) is 35.3 Å². The molecule has 11 aliphatic rings. The summed E-state index contributed by atoms with van der Waals surface area (Å²) in [4.78, 5) is 31.3. The van der Waals surface area contributed by atoms with Crippen LogP contribution in [0.5, 0.6) is 0 Å². The first-order valence-electron chi connectivity index (χ1n) is 45.1. The van der Waals surface area contributed by atoms with Gasteiger partial charge in [-0.2, -0.15) is 5.10 Å². The molecule has 0 aromatic carbocycles. The Labute approximate surface area is 708 Å². The molecule has 0 saturated carbocycles. The Bertz CT molecular complexity index is 1010. The van der Waals surface area contributed by atoms with Crippen LogP contribution in [-0.4, -0.2) is 142 Å². The van der Waals surface area contributed by atoms with Gasteiger partial charge in [-0.25, -0.2) is 0 Å². The number of oxime groups is 1. The molecule has 0 radical (unpaired) electrons. The van der Waals surface area contributed by atoms with E-state index in [1.54, 1.807) is 67.1 Å². The van der Waals surface area contributed by atoms with Crippen LogP contribution in [0.3, 0.4) is 0 Å².